The smallest absolute Gasteiger partial charge is 0.338 e. The third-order valence-corrected chi connectivity index (χ3v) is 9.40. The average molecular weight is 790 g/mol. The maximum absolute atomic E-state index is 14.1. The minimum absolute atomic E-state index is 0.207. The van der Waals surface area contributed by atoms with Gasteiger partial charge in [0, 0.05) is 5.56 Å². The number of carbonyl (C=O) groups is 1. The van der Waals surface area contributed by atoms with Gasteiger partial charge in [-0.1, -0.05) is 79.8 Å². The number of methoxy groups -OCH3 is 1. The van der Waals surface area contributed by atoms with Gasteiger partial charge in [-0.15, -0.1) is 0 Å². The standard InChI is InChI=1S/C32H28I2N2O4S/c1-5-40-31(38)26-27(21-9-7-6-8-10-21)35-32-36(28(26)22-13-11-20(12-14-22)18(2)3)30(37)25(41-32)17-19-15-23(33)29(39-4)24(34)16-19/h6-18,28H,5H2,1-4H3/b25-17-. The molecule has 0 saturated carbocycles. The van der Waals surface area contributed by atoms with E-state index < -0.39 is 12.0 Å². The molecule has 6 nitrogen and oxygen atoms in total. The average Bonchev–Trinajstić information content (AvgIpc) is 3.26. The maximum Gasteiger partial charge on any atom is 0.338 e. The monoisotopic (exact) mass is 790 g/mol. The van der Waals surface area contributed by atoms with Crippen LogP contribution in [0.4, 0.5) is 0 Å². The zero-order chi connectivity index (χ0) is 29.3. The molecule has 0 fully saturated rings. The predicted molar refractivity (Wildman–Crippen MR) is 180 cm³/mol. The highest BCUT2D eigenvalue weighted by Gasteiger charge is 2.35. The van der Waals surface area contributed by atoms with Crippen LogP contribution in [0.3, 0.4) is 0 Å². The van der Waals surface area contributed by atoms with Crippen molar-refractivity contribution in [3.05, 3.63) is 121 Å². The van der Waals surface area contributed by atoms with E-state index in [-0.39, 0.29) is 12.2 Å². The van der Waals surface area contributed by atoms with Crippen molar-refractivity contribution < 1.29 is 14.3 Å². The maximum atomic E-state index is 14.1. The van der Waals surface area contributed by atoms with Gasteiger partial charge in [0.05, 0.1) is 42.7 Å². The summed E-state index contributed by atoms with van der Waals surface area (Å²) in [4.78, 5) is 33.2. The summed E-state index contributed by atoms with van der Waals surface area (Å²) >= 11 is 5.79. The SMILES string of the molecule is CCOC(=O)C1=C(c2ccccc2)N=c2s/c(=C\c3cc(I)c(OC)c(I)c3)c(=O)n2C1c1ccc(C(C)C)cc1. The van der Waals surface area contributed by atoms with Crippen molar-refractivity contribution in [2.45, 2.75) is 32.7 Å². The Hall–Kier alpha value is -2.77. The van der Waals surface area contributed by atoms with Gasteiger partial charge in [0.15, 0.2) is 4.80 Å². The van der Waals surface area contributed by atoms with E-state index in [1.807, 2.05) is 60.7 Å². The molecular formula is C32H28I2N2O4S. The summed E-state index contributed by atoms with van der Waals surface area (Å²) in [6.07, 6.45) is 1.88. The fourth-order valence-corrected chi connectivity index (χ4v) is 8.09. The molecule has 210 valence electrons. The molecule has 4 aromatic rings. The van der Waals surface area contributed by atoms with Gasteiger partial charge < -0.3 is 9.47 Å². The van der Waals surface area contributed by atoms with E-state index in [4.69, 9.17) is 14.5 Å². The Labute approximate surface area is 269 Å². The molecular weight excluding hydrogens is 762 g/mol. The molecule has 1 aromatic heterocycles. The van der Waals surface area contributed by atoms with Gasteiger partial charge in [-0.3, -0.25) is 9.36 Å². The molecule has 9 heteroatoms. The van der Waals surface area contributed by atoms with Crippen molar-refractivity contribution in [1.82, 2.24) is 4.57 Å². The molecule has 0 spiro atoms. The molecule has 1 unspecified atom stereocenters. The second kappa shape index (κ2) is 12.6. The minimum atomic E-state index is -0.694. The lowest BCUT2D eigenvalue weighted by molar-refractivity contribution is -0.138. The van der Waals surface area contributed by atoms with Crippen molar-refractivity contribution in [1.29, 1.82) is 0 Å². The molecule has 41 heavy (non-hydrogen) atoms. The van der Waals surface area contributed by atoms with Crippen LogP contribution in [0.25, 0.3) is 11.8 Å². The van der Waals surface area contributed by atoms with Crippen molar-refractivity contribution in [3.8, 4) is 5.75 Å². The Morgan fingerprint density at radius 2 is 1.73 bits per heavy atom. The third-order valence-electron chi connectivity index (χ3n) is 6.82. The second-order valence-corrected chi connectivity index (χ2v) is 13.1. The van der Waals surface area contributed by atoms with Crippen LogP contribution in [0, 0.1) is 7.14 Å². The number of ether oxygens (including phenoxy) is 2. The van der Waals surface area contributed by atoms with Crippen molar-refractivity contribution in [2.75, 3.05) is 13.7 Å². The van der Waals surface area contributed by atoms with E-state index in [1.165, 1.54) is 16.9 Å². The number of aromatic nitrogens is 1. The van der Waals surface area contributed by atoms with E-state index in [0.717, 1.165) is 29.6 Å². The lowest BCUT2D eigenvalue weighted by Gasteiger charge is -2.26. The summed E-state index contributed by atoms with van der Waals surface area (Å²) in [5.41, 5.74) is 4.33. The van der Waals surface area contributed by atoms with Crippen molar-refractivity contribution in [2.24, 2.45) is 4.99 Å². The van der Waals surface area contributed by atoms with Crippen LogP contribution in [-0.2, 0) is 9.53 Å². The van der Waals surface area contributed by atoms with E-state index in [9.17, 15) is 9.59 Å². The Bertz CT molecular complexity index is 1800. The summed E-state index contributed by atoms with van der Waals surface area (Å²) in [5, 5.41) is 0. The normalized spacial score (nSPS) is 15.1. The Morgan fingerprint density at radius 1 is 1.07 bits per heavy atom. The quantitative estimate of drug-likeness (QED) is 0.164. The highest BCUT2D eigenvalue weighted by Crippen LogP contribution is 2.36. The number of esters is 1. The summed E-state index contributed by atoms with van der Waals surface area (Å²) in [6.45, 7) is 6.26. The fourth-order valence-electron chi connectivity index (χ4n) is 4.83. The van der Waals surface area contributed by atoms with Crippen LogP contribution in [0.1, 0.15) is 55.0 Å². The number of thiazole rings is 1. The largest absolute Gasteiger partial charge is 0.495 e. The summed E-state index contributed by atoms with van der Waals surface area (Å²) < 4.78 is 15.1. The van der Waals surface area contributed by atoms with Gasteiger partial charge in [-0.05, 0) is 92.9 Å². The van der Waals surface area contributed by atoms with Crippen molar-refractivity contribution >= 4 is 74.3 Å². The number of rotatable bonds is 7. The first-order chi connectivity index (χ1) is 19.7. The van der Waals surface area contributed by atoms with E-state index in [0.29, 0.717) is 26.5 Å². The van der Waals surface area contributed by atoms with Gasteiger partial charge >= 0.3 is 5.97 Å². The molecule has 0 bridgehead atoms. The molecule has 0 N–H and O–H groups in total. The number of fused-ring (bicyclic) bond motifs is 1. The predicted octanol–water partition coefficient (Wildman–Crippen LogP) is 6.28. The zero-order valence-electron chi connectivity index (χ0n) is 23.0. The molecule has 0 amide bonds. The zero-order valence-corrected chi connectivity index (χ0v) is 28.1. The van der Waals surface area contributed by atoms with Crippen molar-refractivity contribution in [3.63, 3.8) is 0 Å². The fraction of sp³-hybridized carbons (Fsp3) is 0.219. The van der Waals surface area contributed by atoms with Gasteiger partial charge in [-0.25, -0.2) is 9.79 Å². The van der Waals surface area contributed by atoms with E-state index >= 15 is 0 Å². The summed E-state index contributed by atoms with van der Waals surface area (Å²) in [5.74, 6) is 0.670. The Morgan fingerprint density at radius 3 is 2.32 bits per heavy atom. The van der Waals surface area contributed by atoms with Gasteiger partial charge in [0.2, 0.25) is 0 Å². The molecule has 3 aromatic carbocycles. The van der Waals surface area contributed by atoms with Crippen LogP contribution in [0.15, 0.2) is 82.1 Å². The number of nitrogens with zero attached hydrogens (tertiary/aromatic N) is 2. The van der Waals surface area contributed by atoms with Crippen LogP contribution in [0.5, 0.6) is 5.75 Å². The topological polar surface area (TPSA) is 69.9 Å². The molecule has 1 aliphatic rings. The van der Waals surface area contributed by atoms with Gasteiger partial charge in [-0.2, -0.15) is 0 Å². The molecule has 1 atom stereocenters. The Kier molecular flexibility index (Phi) is 9.15. The van der Waals surface area contributed by atoms with E-state index in [1.54, 1.807) is 18.6 Å². The molecule has 2 heterocycles. The first-order valence-electron chi connectivity index (χ1n) is 13.1. The summed E-state index contributed by atoms with van der Waals surface area (Å²) in [7, 11) is 1.65. The molecule has 0 saturated heterocycles. The van der Waals surface area contributed by atoms with E-state index in [2.05, 4.69) is 71.2 Å². The Balaban J connectivity index is 1.80. The van der Waals surface area contributed by atoms with Gasteiger partial charge in [0.25, 0.3) is 5.56 Å². The number of halogens is 2. The third kappa shape index (κ3) is 5.94. The van der Waals surface area contributed by atoms with Crippen LogP contribution < -0.4 is 19.6 Å². The van der Waals surface area contributed by atoms with Crippen LogP contribution in [0.2, 0.25) is 0 Å². The number of benzene rings is 3. The minimum Gasteiger partial charge on any atom is -0.495 e. The highest BCUT2D eigenvalue weighted by molar-refractivity contribution is 14.1. The molecule has 1 aliphatic heterocycles. The van der Waals surface area contributed by atoms with Gasteiger partial charge in [0.1, 0.15) is 5.75 Å². The highest BCUT2D eigenvalue weighted by atomic mass is 127. The van der Waals surface area contributed by atoms with Crippen LogP contribution in [-0.4, -0.2) is 24.3 Å². The van der Waals surface area contributed by atoms with Crippen LogP contribution >= 0.6 is 56.5 Å². The number of carbonyl (C=O) groups excluding carboxylic acids is 1. The lowest BCUT2D eigenvalue weighted by Crippen LogP contribution is -2.40. The summed E-state index contributed by atoms with van der Waals surface area (Å²) in [6, 6.07) is 21.0. The molecule has 0 radical (unpaired) electrons. The first-order valence-corrected chi connectivity index (χ1v) is 16.1. The molecule has 5 rings (SSSR count). The lowest BCUT2D eigenvalue weighted by atomic mass is 9.91. The molecule has 0 aliphatic carbocycles. The number of hydrogen-bond acceptors (Lipinski definition) is 6. The second-order valence-electron chi connectivity index (χ2n) is 9.77. The number of hydrogen-bond donors (Lipinski definition) is 0. The first kappa shape index (κ1) is 29.7.